The molecule has 4 heteroatoms. The van der Waals surface area contributed by atoms with Crippen LogP contribution in [-0.2, 0) is 4.74 Å². The van der Waals surface area contributed by atoms with Crippen LogP contribution in [0.2, 0.25) is 0 Å². The fourth-order valence-electron chi connectivity index (χ4n) is 1.83. The van der Waals surface area contributed by atoms with Gasteiger partial charge in [0.05, 0.1) is 12.2 Å². The Bertz CT molecular complexity index is 189. The fourth-order valence-corrected chi connectivity index (χ4v) is 1.91. The van der Waals surface area contributed by atoms with E-state index in [0.717, 1.165) is 45.5 Å². The Morgan fingerprint density at radius 2 is 2.47 bits per heavy atom. The van der Waals surface area contributed by atoms with Crippen LogP contribution in [-0.4, -0.2) is 53.8 Å². The monoisotopic (exact) mass is 231 g/mol. The average Bonchev–Trinajstić information content (AvgIpc) is 2.24. The van der Waals surface area contributed by atoms with Crippen molar-refractivity contribution < 1.29 is 9.84 Å². The van der Waals surface area contributed by atoms with Crippen LogP contribution in [0.5, 0.6) is 0 Å². The van der Waals surface area contributed by atoms with Gasteiger partial charge in [-0.3, -0.25) is 0 Å². The van der Waals surface area contributed by atoms with Gasteiger partial charge in [0.1, 0.15) is 0 Å². The first-order valence-electron chi connectivity index (χ1n) is 5.69. The van der Waals surface area contributed by atoms with Gasteiger partial charge in [0.2, 0.25) is 0 Å². The number of hydrogen-bond donors (Lipinski definition) is 1. The molecule has 0 aromatic carbocycles. The second-order valence-corrected chi connectivity index (χ2v) is 4.43. The molecule has 1 aliphatic rings. The highest BCUT2D eigenvalue weighted by atomic mass is 32.1. The van der Waals surface area contributed by atoms with Crippen LogP contribution in [0.3, 0.4) is 0 Å². The fraction of sp³-hybridized carbons (Fsp3) is 0.909. The molecule has 0 amide bonds. The summed E-state index contributed by atoms with van der Waals surface area (Å²) in [6, 6.07) is 0. The highest BCUT2D eigenvalue weighted by Gasteiger charge is 2.16. The van der Waals surface area contributed by atoms with Crippen LogP contribution >= 0.6 is 12.2 Å². The van der Waals surface area contributed by atoms with E-state index in [1.54, 1.807) is 5.37 Å². The lowest BCUT2D eigenvalue weighted by Crippen LogP contribution is -2.39. The molecule has 1 unspecified atom stereocenters. The minimum Gasteiger partial charge on any atom is -0.392 e. The van der Waals surface area contributed by atoms with E-state index in [-0.39, 0.29) is 12.2 Å². The maximum Gasteiger partial charge on any atom is 0.0829 e. The molecule has 1 aliphatic heterocycles. The minimum absolute atomic E-state index is 0.0759. The van der Waals surface area contributed by atoms with E-state index in [4.69, 9.17) is 17.0 Å². The Morgan fingerprint density at radius 1 is 1.67 bits per heavy atom. The van der Waals surface area contributed by atoms with Gasteiger partial charge < -0.3 is 14.7 Å². The van der Waals surface area contributed by atoms with Gasteiger partial charge in [0.15, 0.2) is 0 Å². The summed E-state index contributed by atoms with van der Waals surface area (Å²) in [6.07, 6.45) is 3.03. The number of nitrogens with zero attached hydrogens (tertiary/aromatic N) is 1. The second-order valence-electron chi connectivity index (χ2n) is 4.16. The third-order valence-corrected chi connectivity index (χ3v) is 3.05. The van der Waals surface area contributed by atoms with E-state index in [1.807, 2.05) is 6.92 Å². The summed E-state index contributed by atoms with van der Waals surface area (Å²) < 4.78 is 5.46. The van der Waals surface area contributed by atoms with Crippen molar-refractivity contribution in [1.82, 2.24) is 4.90 Å². The molecule has 0 saturated carbocycles. The number of piperidine rings is 1. The molecule has 0 bridgehead atoms. The molecule has 0 radical (unpaired) electrons. The molecule has 1 saturated heterocycles. The lowest BCUT2D eigenvalue weighted by molar-refractivity contribution is 0.0577. The maximum atomic E-state index is 9.47. The normalized spacial score (nSPS) is 25.1. The van der Waals surface area contributed by atoms with E-state index < -0.39 is 0 Å². The van der Waals surface area contributed by atoms with E-state index >= 15 is 0 Å². The van der Waals surface area contributed by atoms with Crippen LogP contribution in [0.4, 0.5) is 0 Å². The quantitative estimate of drug-likeness (QED) is 0.551. The molecule has 1 N–H and O–H groups in total. The van der Waals surface area contributed by atoms with Gasteiger partial charge in [0.25, 0.3) is 0 Å². The number of rotatable bonds is 6. The van der Waals surface area contributed by atoms with E-state index in [9.17, 15) is 5.11 Å². The van der Waals surface area contributed by atoms with Crippen LogP contribution < -0.4 is 0 Å². The first-order chi connectivity index (χ1) is 7.22. The Kier molecular flexibility index (Phi) is 6.32. The van der Waals surface area contributed by atoms with Crippen molar-refractivity contribution >= 4 is 17.6 Å². The number of thiocarbonyl (C=S) groups is 1. The van der Waals surface area contributed by atoms with Gasteiger partial charge >= 0.3 is 0 Å². The van der Waals surface area contributed by atoms with Crippen molar-refractivity contribution in [3.63, 3.8) is 0 Å². The van der Waals surface area contributed by atoms with Crippen molar-refractivity contribution in [3.05, 3.63) is 0 Å². The van der Waals surface area contributed by atoms with E-state index in [2.05, 4.69) is 4.90 Å². The summed E-state index contributed by atoms with van der Waals surface area (Å²) in [5, 5.41) is 11.1. The predicted molar refractivity (Wildman–Crippen MR) is 65.4 cm³/mol. The van der Waals surface area contributed by atoms with Crippen LogP contribution in [0.15, 0.2) is 0 Å². The number of β-amino-alcohol motifs (C(OH)–C–C–N with tert-alkyl or cyclic N) is 1. The van der Waals surface area contributed by atoms with Gasteiger partial charge in [-0.25, -0.2) is 0 Å². The Balaban J connectivity index is 2.01. The first kappa shape index (κ1) is 13.0. The average molecular weight is 231 g/mol. The summed E-state index contributed by atoms with van der Waals surface area (Å²) in [6.45, 7) is 5.66. The van der Waals surface area contributed by atoms with E-state index in [1.165, 1.54) is 0 Å². The van der Waals surface area contributed by atoms with Crippen molar-refractivity contribution in [2.24, 2.45) is 0 Å². The Labute approximate surface area is 97.4 Å². The number of likely N-dealkylation sites (tertiary alicyclic amines) is 1. The molecule has 1 rings (SSSR count). The second kappa shape index (κ2) is 7.28. The van der Waals surface area contributed by atoms with Crippen molar-refractivity contribution in [3.8, 4) is 0 Å². The standard InChI is InChI=1S/C11H21NO2S/c1-10(9-15)14-7-3-6-12-5-2-4-11(13)8-12/h9-11,13H,2-8H2,1H3/t10?,11-/m1/s1. The summed E-state index contributed by atoms with van der Waals surface area (Å²) >= 11 is 4.77. The molecule has 0 aromatic rings. The molecule has 2 atom stereocenters. The van der Waals surface area contributed by atoms with Gasteiger partial charge in [-0.05, 0) is 32.7 Å². The highest BCUT2D eigenvalue weighted by molar-refractivity contribution is 7.79. The maximum absolute atomic E-state index is 9.47. The SMILES string of the molecule is CC(C=S)OCCCN1CCC[C@@H](O)C1. The van der Waals surface area contributed by atoms with Crippen molar-refractivity contribution in [1.29, 1.82) is 0 Å². The Morgan fingerprint density at radius 3 is 3.13 bits per heavy atom. The smallest absolute Gasteiger partial charge is 0.0829 e. The summed E-state index contributed by atoms with van der Waals surface area (Å²) in [5.74, 6) is 0. The summed E-state index contributed by atoms with van der Waals surface area (Å²) in [4.78, 5) is 2.31. The molecule has 0 aromatic heterocycles. The minimum atomic E-state index is -0.125. The van der Waals surface area contributed by atoms with E-state index in [0.29, 0.717) is 0 Å². The van der Waals surface area contributed by atoms with Crippen LogP contribution in [0.1, 0.15) is 26.2 Å². The predicted octanol–water partition coefficient (Wildman–Crippen LogP) is 1.24. The molecule has 1 fully saturated rings. The summed E-state index contributed by atoms with van der Waals surface area (Å²) in [7, 11) is 0. The van der Waals surface area contributed by atoms with Gasteiger partial charge in [0, 0.05) is 25.1 Å². The Hall–Kier alpha value is -0.0300. The molecular weight excluding hydrogens is 210 g/mol. The topological polar surface area (TPSA) is 32.7 Å². The zero-order chi connectivity index (χ0) is 11.1. The van der Waals surface area contributed by atoms with Gasteiger partial charge in [-0.15, -0.1) is 0 Å². The van der Waals surface area contributed by atoms with Crippen LogP contribution in [0.25, 0.3) is 0 Å². The summed E-state index contributed by atoms with van der Waals surface area (Å²) in [5.41, 5.74) is 0. The lowest BCUT2D eigenvalue weighted by atomic mass is 10.1. The number of hydrogen-bond acceptors (Lipinski definition) is 4. The van der Waals surface area contributed by atoms with Gasteiger partial charge in [-0.1, -0.05) is 12.2 Å². The van der Waals surface area contributed by atoms with Crippen LogP contribution in [0, 0.1) is 0 Å². The molecule has 1 heterocycles. The third-order valence-electron chi connectivity index (χ3n) is 2.67. The van der Waals surface area contributed by atoms with Crippen molar-refractivity contribution in [2.75, 3.05) is 26.2 Å². The molecule has 88 valence electrons. The van der Waals surface area contributed by atoms with Gasteiger partial charge in [-0.2, -0.15) is 0 Å². The third kappa shape index (κ3) is 5.56. The molecule has 0 spiro atoms. The number of aliphatic hydroxyl groups is 1. The molecule has 15 heavy (non-hydrogen) atoms. The molecular formula is C11H21NO2S. The zero-order valence-electron chi connectivity index (χ0n) is 9.39. The largest absolute Gasteiger partial charge is 0.392 e. The highest BCUT2D eigenvalue weighted by Crippen LogP contribution is 2.09. The molecule has 0 aliphatic carbocycles. The number of ether oxygens (including phenoxy) is 1. The zero-order valence-corrected chi connectivity index (χ0v) is 10.2. The number of aliphatic hydroxyl groups excluding tert-OH is 1. The molecule has 3 nitrogen and oxygen atoms in total. The van der Waals surface area contributed by atoms with Crippen molar-refractivity contribution in [2.45, 2.75) is 38.4 Å². The lowest BCUT2D eigenvalue weighted by Gasteiger charge is -2.29. The first-order valence-corrected chi connectivity index (χ1v) is 6.17.